The van der Waals surface area contributed by atoms with E-state index in [4.69, 9.17) is 0 Å². The highest BCUT2D eigenvalue weighted by atomic mass is 16.6. The first-order valence-corrected chi connectivity index (χ1v) is 5.21. The first-order chi connectivity index (χ1) is 7.43. The first-order valence-electron chi connectivity index (χ1n) is 5.21. The molecule has 0 aliphatic carbocycles. The van der Waals surface area contributed by atoms with Crippen molar-refractivity contribution < 1.29 is 10.0 Å². The third kappa shape index (κ3) is 2.76. The molecule has 1 heterocycles. The van der Waals surface area contributed by atoms with Crippen LogP contribution in [0.4, 0.5) is 5.69 Å². The molecule has 0 spiro atoms. The highest BCUT2D eigenvalue weighted by molar-refractivity contribution is 5.47. The topological polar surface area (TPSA) is 76.3 Å². The summed E-state index contributed by atoms with van der Waals surface area (Å²) in [4.78, 5) is 14.7. The highest BCUT2D eigenvalue weighted by Crippen LogP contribution is 2.24. The Morgan fingerprint density at radius 1 is 1.56 bits per heavy atom. The van der Waals surface area contributed by atoms with Crippen LogP contribution in [-0.2, 0) is 6.42 Å². The second-order valence-corrected chi connectivity index (χ2v) is 4.01. The number of hydrogen-bond acceptors (Lipinski definition) is 4. The molecule has 5 nitrogen and oxygen atoms in total. The second-order valence-electron chi connectivity index (χ2n) is 4.01. The van der Waals surface area contributed by atoms with E-state index in [0.29, 0.717) is 29.7 Å². The molecule has 16 heavy (non-hydrogen) atoms. The predicted octanol–water partition coefficient (Wildman–Crippen LogP) is 1.92. The average Bonchev–Trinajstić information content (AvgIpc) is 2.15. The van der Waals surface area contributed by atoms with Crippen LogP contribution in [0.3, 0.4) is 0 Å². The van der Waals surface area contributed by atoms with Crippen LogP contribution in [0.15, 0.2) is 6.20 Å². The lowest BCUT2D eigenvalue weighted by atomic mass is 10.0. The summed E-state index contributed by atoms with van der Waals surface area (Å²) in [5, 5.41) is 20.0. The molecule has 0 radical (unpaired) electrons. The third-order valence-corrected chi connectivity index (χ3v) is 2.56. The molecule has 0 aliphatic heterocycles. The van der Waals surface area contributed by atoms with Gasteiger partial charge in [0.15, 0.2) is 0 Å². The Bertz CT molecular complexity index is 402. The van der Waals surface area contributed by atoms with Gasteiger partial charge in [0, 0.05) is 17.3 Å². The van der Waals surface area contributed by atoms with Gasteiger partial charge in [-0.3, -0.25) is 15.1 Å². The fourth-order valence-electron chi connectivity index (χ4n) is 1.64. The second kappa shape index (κ2) is 5.03. The Hall–Kier alpha value is -1.49. The van der Waals surface area contributed by atoms with E-state index in [9.17, 15) is 15.2 Å². The van der Waals surface area contributed by atoms with E-state index in [2.05, 4.69) is 4.98 Å². The van der Waals surface area contributed by atoms with Crippen LogP contribution in [0.2, 0.25) is 0 Å². The third-order valence-electron chi connectivity index (χ3n) is 2.56. The van der Waals surface area contributed by atoms with Crippen molar-refractivity contribution in [3.63, 3.8) is 0 Å². The van der Waals surface area contributed by atoms with Crippen molar-refractivity contribution in [1.29, 1.82) is 0 Å². The minimum absolute atomic E-state index is 0.135. The zero-order valence-electron chi connectivity index (χ0n) is 9.73. The van der Waals surface area contributed by atoms with Gasteiger partial charge in [-0.15, -0.1) is 0 Å². The van der Waals surface area contributed by atoms with Gasteiger partial charge in [-0.05, 0) is 33.6 Å². The summed E-state index contributed by atoms with van der Waals surface area (Å²) < 4.78 is 0. The van der Waals surface area contributed by atoms with Crippen molar-refractivity contribution in [3.05, 3.63) is 33.1 Å². The summed E-state index contributed by atoms with van der Waals surface area (Å²) in [6, 6.07) is 0. The molecule has 88 valence electrons. The van der Waals surface area contributed by atoms with Crippen LogP contribution >= 0.6 is 0 Å². The molecule has 0 saturated heterocycles. The van der Waals surface area contributed by atoms with Crippen molar-refractivity contribution in [1.82, 2.24) is 4.98 Å². The van der Waals surface area contributed by atoms with Gasteiger partial charge in [0.25, 0.3) is 5.69 Å². The van der Waals surface area contributed by atoms with E-state index in [1.165, 1.54) is 6.20 Å². The van der Waals surface area contributed by atoms with E-state index >= 15 is 0 Å². The van der Waals surface area contributed by atoms with E-state index in [0.717, 1.165) is 0 Å². The number of aryl methyl sites for hydroxylation is 2. The number of aliphatic hydroxyl groups excluding tert-OH is 1. The molecule has 0 bridgehead atoms. The predicted molar refractivity (Wildman–Crippen MR) is 60.4 cm³/mol. The van der Waals surface area contributed by atoms with Gasteiger partial charge < -0.3 is 5.11 Å². The largest absolute Gasteiger partial charge is 0.393 e. The van der Waals surface area contributed by atoms with Gasteiger partial charge in [0.05, 0.1) is 16.7 Å². The van der Waals surface area contributed by atoms with Crippen LogP contribution in [0.5, 0.6) is 0 Å². The molecule has 0 fully saturated rings. The molecule has 0 amide bonds. The summed E-state index contributed by atoms with van der Waals surface area (Å²) in [7, 11) is 0. The van der Waals surface area contributed by atoms with Gasteiger partial charge in [0.2, 0.25) is 0 Å². The molecule has 5 heteroatoms. The lowest BCUT2D eigenvalue weighted by Crippen LogP contribution is -2.06. The minimum atomic E-state index is -0.415. The molecule has 1 N–H and O–H groups in total. The molecular weight excluding hydrogens is 208 g/mol. The lowest BCUT2D eigenvalue weighted by molar-refractivity contribution is -0.386. The van der Waals surface area contributed by atoms with Crippen molar-refractivity contribution in [2.24, 2.45) is 0 Å². The SMILES string of the molecule is Cc1cnc(CCC(C)O)c(C)c1[N+](=O)[O-]. The molecule has 1 unspecified atom stereocenters. The normalized spacial score (nSPS) is 12.5. The summed E-state index contributed by atoms with van der Waals surface area (Å²) in [5.41, 5.74) is 2.00. The lowest BCUT2D eigenvalue weighted by Gasteiger charge is -2.08. The Kier molecular flexibility index (Phi) is 3.95. The van der Waals surface area contributed by atoms with E-state index < -0.39 is 6.10 Å². The zero-order valence-corrected chi connectivity index (χ0v) is 9.73. The maximum atomic E-state index is 10.9. The van der Waals surface area contributed by atoms with Gasteiger partial charge >= 0.3 is 0 Å². The Balaban J connectivity index is 3.04. The molecular formula is C11H16N2O3. The van der Waals surface area contributed by atoms with Crippen molar-refractivity contribution in [2.45, 2.75) is 39.7 Å². The van der Waals surface area contributed by atoms with Crippen LogP contribution in [0.25, 0.3) is 0 Å². The van der Waals surface area contributed by atoms with E-state index in [-0.39, 0.29) is 10.6 Å². The molecule has 1 atom stereocenters. The summed E-state index contributed by atoms with van der Waals surface area (Å²) in [5.74, 6) is 0. The van der Waals surface area contributed by atoms with Crippen LogP contribution in [0.1, 0.15) is 30.2 Å². The van der Waals surface area contributed by atoms with Crippen molar-refractivity contribution >= 4 is 5.69 Å². The van der Waals surface area contributed by atoms with Gasteiger partial charge in [-0.1, -0.05) is 0 Å². The van der Waals surface area contributed by atoms with Crippen molar-refractivity contribution in [2.75, 3.05) is 0 Å². The van der Waals surface area contributed by atoms with Crippen LogP contribution in [-0.4, -0.2) is 21.1 Å². The van der Waals surface area contributed by atoms with Gasteiger partial charge in [-0.2, -0.15) is 0 Å². The minimum Gasteiger partial charge on any atom is -0.393 e. The molecule has 0 aliphatic rings. The number of aromatic nitrogens is 1. The van der Waals surface area contributed by atoms with Crippen LogP contribution in [0, 0.1) is 24.0 Å². The highest BCUT2D eigenvalue weighted by Gasteiger charge is 2.18. The maximum Gasteiger partial charge on any atom is 0.278 e. The monoisotopic (exact) mass is 224 g/mol. The number of pyridine rings is 1. The van der Waals surface area contributed by atoms with E-state index in [1.54, 1.807) is 20.8 Å². The molecule has 0 aromatic carbocycles. The molecule has 1 aromatic heterocycles. The number of rotatable bonds is 4. The van der Waals surface area contributed by atoms with Crippen molar-refractivity contribution in [3.8, 4) is 0 Å². The molecule has 1 rings (SSSR count). The smallest absolute Gasteiger partial charge is 0.278 e. The quantitative estimate of drug-likeness (QED) is 0.626. The Labute approximate surface area is 94.3 Å². The summed E-state index contributed by atoms with van der Waals surface area (Å²) >= 11 is 0. The summed E-state index contributed by atoms with van der Waals surface area (Å²) in [6.07, 6.45) is 2.22. The average molecular weight is 224 g/mol. The summed E-state index contributed by atoms with van der Waals surface area (Å²) in [6.45, 7) is 5.07. The van der Waals surface area contributed by atoms with Gasteiger partial charge in [-0.25, -0.2) is 0 Å². The Morgan fingerprint density at radius 3 is 2.69 bits per heavy atom. The standard InChI is InChI=1S/C11H16N2O3/c1-7-6-12-10(5-4-8(2)14)9(3)11(7)13(15)16/h6,8,14H,4-5H2,1-3H3. The zero-order chi connectivity index (χ0) is 12.3. The first kappa shape index (κ1) is 12.6. The number of hydrogen-bond donors (Lipinski definition) is 1. The fourth-order valence-corrected chi connectivity index (χ4v) is 1.64. The number of nitro groups is 1. The maximum absolute atomic E-state index is 10.9. The Morgan fingerprint density at radius 2 is 2.19 bits per heavy atom. The molecule has 0 saturated carbocycles. The number of aliphatic hydroxyl groups is 1. The number of nitrogens with zero attached hydrogens (tertiary/aromatic N) is 2. The van der Waals surface area contributed by atoms with E-state index in [1.807, 2.05) is 0 Å². The van der Waals surface area contributed by atoms with Crippen LogP contribution < -0.4 is 0 Å². The molecule has 1 aromatic rings. The fraction of sp³-hybridized carbons (Fsp3) is 0.545. The van der Waals surface area contributed by atoms with Gasteiger partial charge in [0.1, 0.15) is 0 Å².